The van der Waals surface area contributed by atoms with E-state index in [9.17, 15) is 26.4 Å². The van der Waals surface area contributed by atoms with E-state index in [1.165, 1.54) is 6.07 Å². The van der Waals surface area contributed by atoms with E-state index in [4.69, 9.17) is 0 Å². The van der Waals surface area contributed by atoms with Crippen LogP contribution in [0, 0.1) is 0 Å². The molecule has 156 valence electrons. The molecule has 2 aliphatic rings. The van der Waals surface area contributed by atoms with Crippen molar-refractivity contribution in [2.45, 2.75) is 25.1 Å². The summed E-state index contributed by atoms with van der Waals surface area (Å²) >= 11 is 0. The molecule has 2 aliphatic heterocycles. The molecule has 0 unspecified atom stereocenters. The number of pyridine rings is 1. The van der Waals surface area contributed by atoms with Gasteiger partial charge >= 0.3 is 6.18 Å². The van der Waals surface area contributed by atoms with Gasteiger partial charge in [0.15, 0.2) is 9.84 Å². The van der Waals surface area contributed by atoms with E-state index in [-0.39, 0.29) is 24.0 Å². The number of alkyl halides is 3. The number of hydrogen-bond donors (Lipinski definition) is 1. The van der Waals surface area contributed by atoms with Crippen LogP contribution in [0.1, 0.15) is 18.9 Å². The molecule has 2 fully saturated rings. The van der Waals surface area contributed by atoms with Crippen LogP contribution in [0.2, 0.25) is 0 Å². The molecule has 0 aromatic carbocycles. The largest absolute Gasteiger partial charge is 0.417 e. The van der Waals surface area contributed by atoms with Crippen LogP contribution in [-0.4, -0.2) is 74.0 Å². The summed E-state index contributed by atoms with van der Waals surface area (Å²) in [5, 5.41) is 2.83. The first-order chi connectivity index (χ1) is 13.0. The lowest BCUT2D eigenvalue weighted by Crippen LogP contribution is -2.53. The van der Waals surface area contributed by atoms with Gasteiger partial charge in [0.25, 0.3) is 0 Å². The van der Waals surface area contributed by atoms with Crippen molar-refractivity contribution in [2.24, 2.45) is 0 Å². The molecule has 3 heterocycles. The third kappa shape index (κ3) is 5.13. The van der Waals surface area contributed by atoms with Gasteiger partial charge in [-0.05, 0) is 25.5 Å². The minimum absolute atomic E-state index is 0.0426. The second-order valence-electron chi connectivity index (χ2n) is 7.62. The van der Waals surface area contributed by atoms with Crippen LogP contribution >= 0.6 is 0 Å². The topological polar surface area (TPSA) is 82.6 Å². The fraction of sp³-hybridized carbons (Fsp3) is 0.647. The normalized spacial score (nSPS) is 25.6. The maximum Gasteiger partial charge on any atom is 0.417 e. The number of rotatable bonds is 4. The molecule has 11 heteroatoms. The summed E-state index contributed by atoms with van der Waals surface area (Å²) in [6.07, 6.45) is -3.17. The highest BCUT2D eigenvalue weighted by molar-refractivity contribution is 7.91. The van der Waals surface area contributed by atoms with Gasteiger partial charge in [0.2, 0.25) is 5.91 Å². The Morgan fingerprint density at radius 2 is 1.93 bits per heavy atom. The van der Waals surface area contributed by atoms with Crippen LogP contribution in [0.25, 0.3) is 0 Å². The molecule has 0 aliphatic carbocycles. The average molecular weight is 420 g/mol. The second-order valence-corrected chi connectivity index (χ2v) is 9.80. The minimum atomic E-state index is -4.41. The molecule has 3 rings (SSSR count). The zero-order valence-corrected chi connectivity index (χ0v) is 16.3. The number of carbonyl (C=O) groups excluding carboxylic acids is 1. The van der Waals surface area contributed by atoms with Gasteiger partial charge in [-0.1, -0.05) is 0 Å². The van der Waals surface area contributed by atoms with E-state index in [1.54, 1.807) is 6.92 Å². The van der Waals surface area contributed by atoms with Crippen LogP contribution in [0.3, 0.4) is 0 Å². The van der Waals surface area contributed by atoms with E-state index in [0.29, 0.717) is 38.4 Å². The molecule has 1 aromatic rings. The number of piperazine rings is 1. The molecule has 1 N–H and O–H groups in total. The van der Waals surface area contributed by atoms with Crippen molar-refractivity contribution in [2.75, 3.05) is 49.1 Å². The highest BCUT2D eigenvalue weighted by Gasteiger charge is 2.39. The smallest absolute Gasteiger partial charge is 0.354 e. The molecule has 0 bridgehead atoms. The first kappa shape index (κ1) is 20.8. The molecule has 28 heavy (non-hydrogen) atoms. The van der Waals surface area contributed by atoms with Crippen molar-refractivity contribution < 1.29 is 26.4 Å². The summed E-state index contributed by atoms with van der Waals surface area (Å²) in [5.74, 6) is 0.295. The Hall–Kier alpha value is -1.88. The van der Waals surface area contributed by atoms with Crippen molar-refractivity contribution in [3.63, 3.8) is 0 Å². The van der Waals surface area contributed by atoms with E-state index < -0.39 is 27.1 Å². The maximum atomic E-state index is 12.6. The Labute approximate surface area is 161 Å². The highest BCUT2D eigenvalue weighted by Crippen LogP contribution is 2.29. The van der Waals surface area contributed by atoms with Gasteiger partial charge in [-0.2, -0.15) is 13.2 Å². The van der Waals surface area contributed by atoms with Crippen molar-refractivity contribution in [1.82, 2.24) is 15.2 Å². The maximum absolute atomic E-state index is 12.6. The van der Waals surface area contributed by atoms with E-state index in [2.05, 4.69) is 10.3 Å². The van der Waals surface area contributed by atoms with E-state index in [1.807, 2.05) is 9.80 Å². The van der Waals surface area contributed by atoms with Crippen LogP contribution in [0.15, 0.2) is 18.3 Å². The lowest BCUT2D eigenvalue weighted by Gasteiger charge is -2.35. The molecular formula is C17H23F3N4O3S. The Morgan fingerprint density at radius 3 is 2.43 bits per heavy atom. The SMILES string of the molecule is C[C@@]1(NC(=O)CN2CCN(c3ccc(C(F)(F)F)cn3)CC2)CCS(=O)(=O)C1. The third-order valence-electron chi connectivity index (χ3n) is 5.08. The fourth-order valence-corrected chi connectivity index (χ4v) is 5.66. The van der Waals surface area contributed by atoms with Gasteiger partial charge in [0.1, 0.15) is 5.82 Å². The Bertz CT molecular complexity index is 821. The number of nitrogens with one attached hydrogen (secondary N) is 1. The zero-order valence-electron chi connectivity index (χ0n) is 15.5. The summed E-state index contributed by atoms with van der Waals surface area (Å²) < 4.78 is 61.1. The molecule has 0 spiro atoms. The van der Waals surface area contributed by atoms with Gasteiger partial charge in [0.05, 0.1) is 29.2 Å². The van der Waals surface area contributed by atoms with Crippen molar-refractivity contribution in [1.29, 1.82) is 0 Å². The zero-order chi connectivity index (χ0) is 20.6. The van der Waals surface area contributed by atoms with Crippen molar-refractivity contribution in [3.8, 4) is 0 Å². The number of aromatic nitrogens is 1. The molecule has 1 atom stereocenters. The molecule has 2 saturated heterocycles. The average Bonchev–Trinajstić information content (AvgIpc) is 2.87. The predicted octanol–water partition coefficient (Wildman–Crippen LogP) is 0.916. The molecule has 1 amide bonds. The standard InChI is InChI=1S/C17H23F3N4O3S/c1-16(4-9-28(26,27)12-16)22-15(25)11-23-5-7-24(8-6-23)14-3-2-13(10-21-14)17(18,19)20/h2-3,10H,4-9,11-12H2,1H3,(H,22,25)/t16-/m1/s1. The van der Waals surface area contributed by atoms with Crippen LogP contribution in [0.4, 0.5) is 19.0 Å². The van der Waals surface area contributed by atoms with Gasteiger partial charge < -0.3 is 10.2 Å². The summed E-state index contributed by atoms with van der Waals surface area (Å²) in [6, 6.07) is 2.37. The quantitative estimate of drug-likeness (QED) is 0.780. The predicted molar refractivity (Wildman–Crippen MR) is 97.7 cm³/mol. The van der Waals surface area contributed by atoms with E-state index >= 15 is 0 Å². The second kappa shape index (κ2) is 7.51. The van der Waals surface area contributed by atoms with Gasteiger partial charge in [0, 0.05) is 32.4 Å². The molecular weight excluding hydrogens is 397 g/mol. The van der Waals surface area contributed by atoms with E-state index in [0.717, 1.165) is 12.3 Å². The molecule has 7 nitrogen and oxygen atoms in total. The number of hydrogen-bond acceptors (Lipinski definition) is 6. The first-order valence-corrected chi connectivity index (χ1v) is 10.8. The first-order valence-electron chi connectivity index (χ1n) is 8.98. The minimum Gasteiger partial charge on any atom is -0.354 e. The number of carbonyl (C=O) groups is 1. The van der Waals surface area contributed by atoms with Crippen molar-refractivity contribution in [3.05, 3.63) is 23.9 Å². The number of anilines is 1. The summed E-state index contributed by atoms with van der Waals surface area (Å²) in [4.78, 5) is 20.0. The third-order valence-corrected chi connectivity index (χ3v) is 6.99. The summed E-state index contributed by atoms with van der Waals surface area (Å²) in [6.45, 7) is 4.10. The highest BCUT2D eigenvalue weighted by atomic mass is 32.2. The number of amides is 1. The van der Waals surface area contributed by atoms with Crippen LogP contribution < -0.4 is 10.2 Å². The fourth-order valence-electron chi connectivity index (χ4n) is 3.56. The van der Waals surface area contributed by atoms with Gasteiger partial charge in [-0.15, -0.1) is 0 Å². The van der Waals surface area contributed by atoms with Gasteiger partial charge in [-0.25, -0.2) is 13.4 Å². The van der Waals surface area contributed by atoms with Gasteiger partial charge in [-0.3, -0.25) is 9.69 Å². The van der Waals surface area contributed by atoms with Crippen LogP contribution in [-0.2, 0) is 20.8 Å². The Morgan fingerprint density at radius 1 is 1.25 bits per heavy atom. The Kier molecular flexibility index (Phi) is 5.59. The monoisotopic (exact) mass is 420 g/mol. The Balaban J connectivity index is 1.48. The molecule has 0 saturated carbocycles. The number of halogens is 3. The van der Waals surface area contributed by atoms with Crippen molar-refractivity contribution >= 4 is 21.6 Å². The van der Waals surface area contributed by atoms with Crippen LogP contribution in [0.5, 0.6) is 0 Å². The summed E-state index contributed by atoms with van der Waals surface area (Å²) in [7, 11) is -3.10. The number of nitrogens with zero attached hydrogens (tertiary/aromatic N) is 3. The lowest BCUT2D eigenvalue weighted by molar-refractivity contribution is -0.137. The lowest BCUT2D eigenvalue weighted by atomic mass is 10.0. The number of sulfone groups is 1. The molecule has 1 aromatic heterocycles. The molecule has 0 radical (unpaired) electrons. The summed E-state index contributed by atoms with van der Waals surface area (Å²) in [5.41, 5.74) is -1.50.